The summed E-state index contributed by atoms with van der Waals surface area (Å²) in [5.74, 6) is -3.26. The van der Waals surface area contributed by atoms with E-state index in [0.29, 0.717) is 19.6 Å². The van der Waals surface area contributed by atoms with Crippen LogP contribution in [0, 0.1) is 11.8 Å². The second kappa shape index (κ2) is 7.59. The van der Waals surface area contributed by atoms with Gasteiger partial charge in [0.15, 0.2) is 5.79 Å². The molecule has 0 aliphatic heterocycles. The minimum absolute atomic E-state index is 0.249. The van der Waals surface area contributed by atoms with Crippen molar-refractivity contribution in [3.8, 4) is 0 Å². The molecular weight excluding hydrogens is 264 g/mol. The van der Waals surface area contributed by atoms with Gasteiger partial charge in [-0.3, -0.25) is 9.59 Å². The molecule has 116 valence electrons. The summed E-state index contributed by atoms with van der Waals surface area (Å²) < 4.78 is 21.3. The van der Waals surface area contributed by atoms with Gasteiger partial charge in [-0.1, -0.05) is 0 Å². The second-order valence-corrected chi connectivity index (χ2v) is 4.47. The highest BCUT2D eigenvalue weighted by Crippen LogP contribution is 2.49. The highest BCUT2D eigenvalue weighted by atomic mass is 16.7. The fraction of sp³-hybridized carbons (Fsp3) is 0.857. The van der Waals surface area contributed by atoms with Gasteiger partial charge in [0.1, 0.15) is 5.92 Å². The van der Waals surface area contributed by atoms with Gasteiger partial charge in [0.25, 0.3) is 0 Å². The fourth-order valence-corrected chi connectivity index (χ4v) is 2.57. The van der Waals surface area contributed by atoms with E-state index in [9.17, 15) is 9.59 Å². The monoisotopic (exact) mass is 288 g/mol. The zero-order valence-electron chi connectivity index (χ0n) is 12.6. The Labute approximate surface area is 119 Å². The predicted molar refractivity (Wildman–Crippen MR) is 70.8 cm³/mol. The van der Waals surface area contributed by atoms with Crippen molar-refractivity contribution in [1.29, 1.82) is 0 Å². The van der Waals surface area contributed by atoms with Crippen LogP contribution in [-0.2, 0) is 28.5 Å². The van der Waals surface area contributed by atoms with E-state index in [4.69, 9.17) is 18.9 Å². The van der Waals surface area contributed by atoms with Crippen molar-refractivity contribution in [3.05, 3.63) is 0 Å². The van der Waals surface area contributed by atoms with Crippen LogP contribution in [0.4, 0.5) is 0 Å². The Morgan fingerprint density at radius 1 is 0.900 bits per heavy atom. The minimum atomic E-state index is -1.06. The van der Waals surface area contributed by atoms with E-state index in [1.807, 2.05) is 13.8 Å². The SMILES string of the molecule is CCOC(=O)C1CC(OCC)(OCC)C1C(=O)OCC. The van der Waals surface area contributed by atoms with Crippen molar-refractivity contribution in [3.63, 3.8) is 0 Å². The van der Waals surface area contributed by atoms with Gasteiger partial charge in [0, 0.05) is 19.6 Å². The zero-order valence-corrected chi connectivity index (χ0v) is 12.6. The Kier molecular flexibility index (Phi) is 6.42. The van der Waals surface area contributed by atoms with Crippen LogP contribution in [0.2, 0.25) is 0 Å². The molecule has 0 radical (unpaired) electrons. The largest absolute Gasteiger partial charge is 0.466 e. The average Bonchev–Trinajstić information content (AvgIpc) is 2.36. The number of carbonyl (C=O) groups is 2. The van der Waals surface area contributed by atoms with Gasteiger partial charge in [-0.05, 0) is 27.7 Å². The number of ether oxygens (including phenoxy) is 4. The van der Waals surface area contributed by atoms with Crippen LogP contribution in [0.1, 0.15) is 34.1 Å². The van der Waals surface area contributed by atoms with Crippen molar-refractivity contribution in [2.75, 3.05) is 26.4 Å². The van der Waals surface area contributed by atoms with Gasteiger partial charge in [0.05, 0.1) is 19.1 Å². The van der Waals surface area contributed by atoms with Crippen molar-refractivity contribution in [2.24, 2.45) is 11.8 Å². The number of rotatable bonds is 8. The van der Waals surface area contributed by atoms with Crippen LogP contribution in [0.15, 0.2) is 0 Å². The first-order valence-electron chi connectivity index (χ1n) is 7.17. The lowest BCUT2D eigenvalue weighted by Gasteiger charge is -2.50. The first-order chi connectivity index (χ1) is 9.56. The molecule has 0 aromatic rings. The molecule has 1 aliphatic rings. The highest BCUT2D eigenvalue weighted by molar-refractivity contribution is 5.85. The average molecular weight is 288 g/mol. The number of hydrogen-bond acceptors (Lipinski definition) is 6. The lowest BCUT2D eigenvalue weighted by atomic mass is 9.67. The summed E-state index contributed by atoms with van der Waals surface area (Å²) in [7, 11) is 0. The number of hydrogen-bond donors (Lipinski definition) is 0. The summed E-state index contributed by atoms with van der Waals surface area (Å²) in [5.41, 5.74) is 0. The Morgan fingerprint density at radius 3 is 1.85 bits per heavy atom. The van der Waals surface area contributed by atoms with Crippen molar-refractivity contribution in [2.45, 2.75) is 39.9 Å². The van der Waals surface area contributed by atoms with E-state index in [1.165, 1.54) is 0 Å². The summed E-state index contributed by atoms with van der Waals surface area (Å²) in [6, 6.07) is 0. The summed E-state index contributed by atoms with van der Waals surface area (Å²) in [6.07, 6.45) is 0.316. The van der Waals surface area contributed by atoms with Crippen LogP contribution in [0.25, 0.3) is 0 Å². The molecule has 1 rings (SSSR count). The Bertz CT molecular complexity index is 335. The van der Waals surface area contributed by atoms with Gasteiger partial charge < -0.3 is 18.9 Å². The van der Waals surface area contributed by atoms with Crippen LogP contribution >= 0.6 is 0 Å². The van der Waals surface area contributed by atoms with Crippen molar-refractivity contribution >= 4 is 11.9 Å². The van der Waals surface area contributed by atoms with Gasteiger partial charge >= 0.3 is 11.9 Å². The molecule has 0 spiro atoms. The third kappa shape index (κ3) is 3.30. The maximum absolute atomic E-state index is 12.1. The maximum atomic E-state index is 12.1. The normalized spacial score (nSPS) is 23.8. The minimum Gasteiger partial charge on any atom is -0.466 e. The van der Waals surface area contributed by atoms with E-state index in [0.717, 1.165) is 0 Å². The van der Waals surface area contributed by atoms with E-state index in [-0.39, 0.29) is 13.2 Å². The molecule has 0 N–H and O–H groups in total. The maximum Gasteiger partial charge on any atom is 0.315 e. The molecule has 0 bridgehead atoms. The first kappa shape index (κ1) is 16.9. The predicted octanol–water partition coefficient (Wildman–Crippen LogP) is 1.52. The molecule has 20 heavy (non-hydrogen) atoms. The van der Waals surface area contributed by atoms with Crippen LogP contribution < -0.4 is 0 Å². The molecule has 0 aromatic carbocycles. The van der Waals surface area contributed by atoms with Crippen molar-refractivity contribution < 1.29 is 28.5 Å². The summed E-state index contributed by atoms with van der Waals surface area (Å²) in [4.78, 5) is 24.0. The third-order valence-electron chi connectivity index (χ3n) is 3.29. The first-order valence-corrected chi connectivity index (χ1v) is 7.17. The zero-order chi connectivity index (χ0) is 15.2. The van der Waals surface area contributed by atoms with E-state index in [1.54, 1.807) is 13.8 Å². The van der Waals surface area contributed by atoms with E-state index < -0.39 is 29.6 Å². The van der Waals surface area contributed by atoms with Crippen LogP contribution in [0.5, 0.6) is 0 Å². The topological polar surface area (TPSA) is 71.1 Å². The Hall–Kier alpha value is -1.14. The smallest absolute Gasteiger partial charge is 0.315 e. The standard InChI is InChI=1S/C14H24O6/c1-5-17-12(15)10-9-14(19-7-3,20-8-4)11(10)13(16)18-6-2/h10-11H,5-9H2,1-4H3. The van der Waals surface area contributed by atoms with Gasteiger partial charge in [0.2, 0.25) is 0 Å². The molecule has 0 amide bonds. The molecular formula is C14H24O6. The van der Waals surface area contributed by atoms with Crippen LogP contribution in [-0.4, -0.2) is 44.2 Å². The third-order valence-corrected chi connectivity index (χ3v) is 3.29. The van der Waals surface area contributed by atoms with E-state index >= 15 is 0 Å². The van der Waals surface area contributed by atoms with E-state index in [2.05, 4.69) is 0 Å². The Morgan fingerprint density at radius 2 is 1.40 bits per heavy atom. The summed E-state index contributed by atoms with van der Waals surface area (Å²) in [5, 5.41) is 0. The molecule has 1 fully saturated rings. The van der Waals surface area contributed by atoms with Gasteiger partial charge in [-0.2, -0.15) is 0 Å². The molecule has 2 atom stereocenters. The number of carbonyl (C=O) groups excluding carboxylic acids is 2. The van der Waals surface area contributed by atoms with Crippen molar-refractivity contribution in [1.82, 2.24) is 0 Å². The lowest BCUT2D eigenvalue weighted by Crippen LogP contribution is -2.63. The molecule has 0 aromatic heterocycles. The molecule has 6 nitrogen and oxygen atoms in total. The highest BCUT2D eigenvalue weighted by Gasteiger charge is 2.63. The van der Waals surface area contributed by atoms with Gasteiger partial charge in [-0.15, -0.1) is 0 Å². The fourth-order valence-electron chi connectivity index (χ4n) is 2.57. The molecule has 0 heterocycles. The number of esters is 2. The van der Waals surface area contributed by atoms with Gasteiger partial charge in [-0.25, -0.2) is 0 Å². The lowest BCUT2D eigenvalue weighted by molar-refractivity contribution is -0.322. The summed E-state index contributed by atoms with van der Waals surface area (Å²) >= 11 is 0. The molecule has 1 saturated carbocycles. The summed E-state index contributed by atoms with van der Waals surface area (Å²) in [6.45, 7) is 8.41. The molecule has 6 heteroatoms. The Balaban J connectivity index is 2.91. The quantitative estimate of drug-likeness (QED) is 0.498. The second-order valence-electron chi connectivity index (χ2n) is 4.47. The van der Waals surface area contributed by atoms with Crippen LogP contribution in [0.3, 0.4) is 0 Å². The molecule has 2 unspecified atom stereocenters. The molecule has 0 saturated heterocycles. The molecule has 1 aliphatic carbocycles.